The highest BCUT2D eigenvalue weighted by Gasteiger charge is 2.08. The minimum Gasteiger partial charge on any atom is -0.382 e. The molecule has 0 aromatic heterocycles. The Bertz CT molecular complexity index is 165. The lowest BCUT2D eigenvalue weighted by molar-refractivity contribution is 0.0196. The summed E-state index contributed by atoms with van der Waals surface area (Å²) in [5.74, 6) is 0. The summed E-state index contributed by atoms with van der Waals surface area (Å²) in [5.41, 5.74) is 0. The van der Waals surface area contributed by atoms with E-state index in [4.69, 9.17) is 14.2 Å². The molecule has 0 bridgehead atoms. The lowest BCUT2D eigenvalue weighted by atomic mass is 10.2. The molecule has 0 saturated heterocycles. The topological polar surface area (TPSA) is 39.7 Å². The van der Waals surface area contributed by atoms with Crippen LogP contribution in [0.15, 0.2) is 0 Å². The molecule has 0 amide bonds. The van der Waals surface area contributed by atoms with Crippen LogP contribution < -0.4 is 5.32 Å². The summed E-state index contributed by atoms with van der Waals surface area (Å²) in [5, 5.41) is 3.43. The maximum absolute atomic E-state index is 5.87. The van der Waals surface area contributed by atoms with Crippen LogP contribution in [-0.2, 0) is 14.2 Å². The molecule has 0 aliphatic carbocycles. The van der Waals surface area contributed by atoms with Crippen LogP contribution in [-0.4, -0.2) is 52.2 Å². The van der Waals surface area contributed by atoms with Gasteiger partial charge < -0.3 is 19.5 Å². The molecule has 1 N–H and O–H groups in total. The van der Waals surface area contributed by atoms with E-state index in [0.717, 1.165) is 39.0 Å². The second-order valence-electron chi connectivity index (χ2n) is 4.80. The summed E-state index contributed by atoms with van der Waals surface area (Å²) in [6.45, 7) is 10.3. The van der Waals surface area contributed by atoms with Gasteiger partial charge in [0, 0.05) is 32.9 Å². The van der Waals surface area contributed by atoms with Gasteiger partial charge in [-0.05, 0) is 12.8 Å². The molecule has 0 aromatic carbocycles. The fourth-order valence-corrected chi connectivity index (χ4v) is 1.59. The minimum absolute atomic E-state index is 0.330. The number of rotatable bonds is 13. The quantitative estimate of drug-likeness (QED) is 0.516. The van der Waals surface area contributed by atoms with Gasteiger partial charge in [-0.25, -0.2) is 0 Å². The van der Waals surface area contributed by atoms with Crippen molar-refractivity contribution in [2.45, 2.75) is 52.2 Å². The molecule has 0 spiro atoms. The molecule has 0 aliphatic heterocycles. The van der Waals surface area contributed by atoms with E-state index in [2.05, 4.69) is 26.1 Å². The van der Waals surface area contributed by atoms with Gasteiger partial charge in [-0.1, -0.05) is 27.2 Å². The monoisotopic (exact) mass is 261 g/mol. The number of hydrogen-bond donors (Lipinski definition) is 1. The molecular formula is C14H31NO3. The number of hydrogen-bond acceptors (Lipinski definition) is 4. The smallest absolute Gasteiger partial charge is 0.0700 e. The van der Waals surface area contributed by atoms with Gasteiger partial charge >= 0.3 is 0 Å². The van der Waals surface area contributed by atoms with Crippen LogP contribution in [0.5, 0.6) is 0 Å². The molecule has 0 rings (SSSR count). The highest BCUT2D eigenvalue weighted by atomic mass is 16.5. The van der Waals surface area contributed by atoms with Gasteiger partial charge in [0.2, 0.25) is 0 Å². The lowest BCUT2D eigenvalue weighted by Gasteiger charge is -2.19. The van der Waals surface area contributed by atoms with E-state index in [0.29, 0.717) is 25.4 Å². The Balaban J connectivity index is 3.45. The maximum atomic E-state index is 5.87. The SMILES string of the molecule is CCCC(CNC(C)C)OCCCOCCOC. The van der Waals surface area contributed by atoms with Crippen LogP contribution in [0, 0.1) is 0 Å². The average Bonchev–Trinajstić information content (AvgIpc) is 2.34. The molecule has 1 atom stereocenters. The third-order valence-electron chi connectivity index (χ3n) is 2.58. The number of methoxy groups -OCH3 is 1. The highest BCUT2D eigenvalue weighted by Crippen LogP contribution is 2.02. The van der Waals surface area contributed by atoms with E-state index < -0.39 is 0 Å². The van der Waals surface area contributed by atoms with E-state index in [1.807, 2.05) is 0 Å². The van der Waals surface area contributed by atoms with Crippen LogP contribution in [0.4, 0.5) is 0 Å². The molecule has 0 saturated carbocycles. The first-order valence-electron chi connectivity index (χ1n) is 7.12. The van der Waals surface area contributed by atoms with Crippen molar-refractivity contribution in [3.8, 4) is 0 Å². The second kappa shape index (κ2) is 13.3. The Morgan fingerprint density at radius 3 is 2.44 bits per heavy atom. The standard InChI is InChI=1S/C14H31NO3/c1-5-7-14(12-15-13(2)3)18-9-6-8-17-11-10-16-4/h13-15H,5-12H2,1-4H3. The third kappa shape index (κ3) is 12.3. The first kappa shape index (κ1) is 17.8. The minimum atomic E-state index is 0.330. The fourth-order valence-electron chi connectivity index (χ4n) is 1.59. The Labute approximate surface area is 112 Å². The van der Waals surface area contributed by atoms with E-state index in [1.165, 1.54) is 0 Å². The molecule has 4 nitrogen and oxygen atoms in total. The van der Waals surface area contributed by atoms with E-state index in [9.17, 15) is 0 Å². The van der Waals surface area contributed by atoms with Crippen molar-refractivity contribution < 1.29 is 14.2 Å². The molecule has 4 heteroatoms. The van der Waals surface area contributed by atoms with Crippen molar-refractivity contribution in [1.82, 2.24) is 5.32 Å². The van der Waals surface area contributed by atoms with Crippen molar-refractivity contribution in [2.24, 2.45) is 0 Å². The van der Waals surface area contributed by atoms with Gasteiger partial charge in [0.15, 0.2) is 0 Å². The Morgan fingerprint density at radius 2 is 1.83 bits per heavy atom. The molecule has 0 radical (unpaired) electrons. The van der Waals surface area contributed by atoms with Crippen LogP contribution in [0.2, 0.25) is 0 Å². The molecule has 1 unspecified atom stereocenters. The zero-order valence-electron chi connectivity index (χ0n) is 12.5. The molecule has 0 aliphatic rings. The van der Waals surface area contributed by atoms with Gasteiger partial charge in [0.25, 0.3) is 0 Å². The van der Waals surface area contributed by atoms with Crippen LogP contribution in [0.1, 0.15) is 40.0 Å². The van der Waals surface area contributed by atoms with Gasteiger partial charge in [-0.3, -0.25) is 0 Å². The molecule has 0 aromatic rings. The summed E-state index contributed by atoms with van der Waals surface area (Å²) >= 11 is 0. The zero-order chi connectivity index (χ0) is 13.6. The average molecular weight is 261 g/mol. The van der Waals surface area contributed by atoms with Gasteiger partial charge in [0.1, 0.15) is 0 Å². The summed E-state index contributed by atoms with van der Waals surface area (Å²) in [4.78, 5) is 0. The Morgan fingerprint density at radius 1 is 1.06 bits per heavy atom. The Hall–Kier alpha value is -0.160. The van der Waals surface area contributed by atoms with Crippen molar-refractivity contribution >= 4 is 0 Å². The van der Waals surface area contributed by atoms with Gasteiger partial charge in [0.05, 0.1) is 19.3 Å². The summed E-state index contributed by atoms with van der Waals surface area (Å²) in [7, 11) is 1.68. The zero-order valence-corrected chi connectivity index (χ0v) is 12.5. The van der Waals surface area contributed by atoms with Gasteiger partial charge in [-0.2, -0.15) is 0 Å². The molecule has 0 fully saturated rings. The third-order valence-corrected chi connectivity index (χ3v) is 2.58. The molecular weight excluding hydrogens is 230 g/mol. The van der Waals surface area contributed by atoms with E-state index >= 15 is 0 Å². The second-order valence-corrected chi connectivity index (χ2v) is 4.80. The van der Waals surface area contributed by atoms with Gasteiger partial charge in [-0.15, -0.1) is 0 Å². The normalized spacial score (nSPS) is 13.2. The van der Waals surface area contributed by atoms with Crippen molar-refractivity contribution in [1.29, 1.82) is 0 Å². The highest BCUT2D eigenvalue weighted by molar-refractivity contribution is 4.63. The van der Waals surface area contributed by atoms with Crippen molar-refractivity contribution in [3.63, 3.8) is 0 Å². The fraction of sp³-hybridized carbons (Fsp3) is 1.00. The molecule has 0 heterocycles. The first-order chi connectivity index (χ1) is 8.70. The van der Waals surface area contributed by atoms with Crippen molar-refractivity contribution in [3.05, 3.63) is 0 Å². The maximum Gasteiger partial charge on any atom is 0.0700 e. The van der Waals surface area contributed by atoms with Crippen LogP contribution in [0.25, 0.3) is 0 Å². The predicted octanol–water partition coefficient (Wildman–Crippen LogP) is 2.22. The van der Waals surface area contributed by atoms with Crippen LogP contribution in [0.3, 0.4) is 0 Å². The van der Waals surface area contributed by atoms with Crippen molar-refractivity contribution in [2.75, 3.05) is 40.1 Å². The number of nitrogens with one attached hydrogen (secondary N) is 1. The van der Waals surface area contributed by atoms with E-state index in [1.54, 1.807) is 7.11 Å². The van der Waals surface area contributed by atoms with Crippen LogP contribution >= 0.6 is 0 Å². The molecule has 18 heavy (non-hydrogen) atoms. The van der Waals surface area contributed by atoms with E-state index in [-0.39, 0.29) is 0 Å². The molecule has 110 valence electrons. The Kier molecular flexibility index (Phi) is 13.2. The largest absolute Gasteiger partial charge is 0.382 e. The summed E-state index contributed by atoms with van der Waals surface area (Å²) < 4.78 is 16.2. The summed E-state index contributed by atoms with van der Waals surface area (Å²) in [6, 6.07) is 0.519. The first-order valence-corrected chi connectivity index (χ1v) is 7.12. The number of ether oxygens (including phenoxy) is 3. The summed E-state index contributed by atoms with van der Waals surface area (Å²) in [6.07, 6.45) is 3.56. The predicted molar refractivity (Wildman–Crippen MR) is 75.1 cm³/mol. The lowest BCUT2D eigenvalue weighted by Crippen LogP contribution is -2.33.